The van der Waals surface area contributed by atoms with E-state index in [0.717, 1.165) is 16.7 Å². The third-order valence-corrected chi connectivity index (χ3v) is 5.05. The van der Waals surface area contributed by atoms with Crippen molar-refractivity contribution < 1.29 is 5.11 Å². The number of phenolic OH excluding ortho intramolecular Hbond substituents is 1. The SMILES string of the molecule is CC(C)(C)c1cc(-c2ccc(-c3ccccc3)cc2)cc(C(C)(C)C)c1O. The molecule has 0 saturated carbocycles. The van der Waals surface area contributed by atoms with E-state index in [1.807, 2.05) is 6.07 Å². The molecule has 0 aromatic heterocycles. The lowest BCUT2D eigenvalue weighted by molar-refractivity contribution is 0.423. The lowest BCUT2D eigenvalue weighted by Gasteiger charge is -2.28. The lowest BCUT2D eigenvalue weighted by Crippen LogP contribution is -2.17. The summed E-state index contributed by atoms with van der Waals surface area (Å²) in [4.78, 5) is 0. The minimum atomic E-state index is -0.121. The highest BCUT2D eigenvalue weighted by Crippen LogP contribution is 2.42. The standard InChI is InChI=1S/C26H30O/c1-25(2,3)22-16-21(17-23(24(22)27)26(4,5)6)20-14-12-19(13-15-20)18-10-8-7-9-11-18/h7-17,27H,1-6H3. The largest absolute Gasteiger partial charge is 0.507 e. The molecule has 0 radical (unpaired) electrons. The van der Waals surface area contributed by atoms with Gasteiger partial charge in [0.2, 0.25) is 0 Å². The summed E-state index contributed by atoms with van der Waals surface area (Å²) in [5.41, 5.74) is 6.52. The van der Waals surface area contributed by atoms with E-state index < -0.39 is 0 Å². The van der Waals surface area contributed by atoms with E-state index in [1.165, 1.54) is 16.7 Å². The van der Waals surface area contributed by atoms with E-state index in [1.54, 1.807) is 0 Å². The van der Waals surface area contributed by atoms with Crippen LogP contribution in [0.25, 0.3) is 22.3 Å². The van der Waals surface area contributed by atoms with Gasteiger partial charge in [-0.15, -0.1) is 0 Å². The topological polar surface area (TPSA) is 20.2 Å². The smallest absolute Gasteiger partial charge is 0.123 e. The van der Waals surface area contributed by atoms with Gasteiger partial charge in [0.1, 0.15) is 5.75 Å². The van der Waals surface area contributed by atoms with Crippen molar-refractivity contribution in [2.75, 3.05) is 0 Å². The molecular weight excluding hydrogens is 328 g/mol. The zero-order valence-electron chi connectivity index (χ0n) is 17.3. The molecule has 1 nitrogen and oxygen atoms in total. The third-order valence-electron chi connectivity index (χ3n) is 5.05. The van der Waals surface area contributed by atoms with Gasteiger partial charge in [0.05, 0.1) is 0 Å². The molecule has 0 aliphatic heterocycles. The number of hydrogen-bond acceptors (Lipinski definition) is 1. The lowest BCUT2D eigenvalue weighted by atomic mass is 9.77. The van der Waals surface area contributed by atoms with Crippen LogP contribution >= 0.6 is 0 Å². The molecule has 3 rings (SSSR count). The van der Waals surface area contributed by atoms with E-state index >= 15 is 0 Å². The van der Waals surface area contributed by atoms with Crippen molar-refractivity contribution in [3.05, 3.63) is 77.9 Å². The van der Waals surface area contributed by atoms with Gasteiger partial charge < -0.3 is 5.11 Å². The van der Waals surface area contributed by atoms with Gasteiger partial charge in [0.15, 0.2) is 0 Å². The van der Waals surface area contributed by atoms with Crippen LogP contribution in [0.15, 0.2) is 66.7 Å². The number of benzene rings is 3. The first-order chi connectivity index (χ1) is 12.6. The van der Waals surface area contributed by atoms with Crippen LogP contribution in [0.1, 0.15) is 52.7 Å². The molecule has 1 N–H and O–H groups in total. The molecule has 0 heterocycles. The predicted molar refractivity (Wildman–Crippen MR) is 116 cm³/mol. The van der Waals surface area contributed by atoms with Crippen LogP contribution in [0.5, 0.6) is 5.75 Å². The Morgan fingerprint density at radius 2 is 0.889 bits per heavy atom. The maximum absolute atomic E-state index is 10.9. The molecule has 0 unspecified atom stereocenters. The minimum absolute atomic E-state index is 0.121. The number of hydrogen-bond donors (Lipinski definition) is 1. The van der Waals surface area contributed by atoms with E-state index in [4.69, 9.17) is 0 Å². The first kappa shape index (κ1) is 19.2. The molecular formula is C26H30O. The molecule has 0 saturated heterocycles. The molecule has 0 aliphatic rings. The fraction of sp³-hybridized carbons (Fsp3) is 0.308. The fourth-order valence-corrected chi connectivity index (χ4v) is 3.43. The number of phenols is 1. The van der Waals surface area contributed by atoms with Crippen LogP contribution in [-0.4, -0.2) is 5.11 Å². The summed E-state index contributed by atoms with van der Waals surface area (Å²) < 4.78 is 0. The Bertz CT molecular complexity index is 886. The van der Waals surface area contributed by atoms with Gasteiger partial charge in [-0.05, 0) is 45.2 Å². The average molecular weight is 359 g/mol. The van der Waals surface area contributed by atoms with E-state index in [2.05, 4.69) is 102 Å². The maximum Gasteiger partial charge on any atom is 0.123 e. The summed E-state index contributed by atoms with van der Waals surface area (Å²) in [6.07, 6.45) is 0. The van der Waals surface area contributed by atoms with Gasteiger partial charge in [-0.25, -0.2) is 0 Å². The Balaban J connectivity index is 2.11. The van der Waals surface area contributed by atoms with E-state index in [-0.39, 0.29) is 10.8 Å². The van der Waals surface area contributed by atoms with Crippen molar-refractivity contribution in [2.45, 2.75) is 52.4 Å². The molecule has 0 aliphatic carbocycles. The van der Waals surface area contributed by atoms with E-state index in [9.17, 15) is 5.11 Å². The monoisotopic (exact) mass is 358 g/mol. The van der Waals surface area contributed by atoms with Crippen molar-refractivity contribution in [2.24, 2.45) is 0 Å². The summed E-state index contributed by atoms with van der Waals surface area (Å²) in [5, 5.41) is 10.9. The molecule has 0 fully saturated rings. The fourth-order valence-electron chi connectivity index (χ4n) is 3.43. The Morgan fingerprint density at radius 1 is 0.519 bits per heavy atom. The van der Waals surface area contributed by atoms with Crippen LogP contribution in [0.4, 0.5) is 0 Å². The molecule has 0 amide bonds. The summed E-state index contributed by atoms with van der Waals surface area (Å²) >= 11 is 0. The number of aromatic hydroxyl groups is 1. The normalized spacial score (nSPS) is 12.2. The highest BCUT2D eigenvalue weighted by Gasteiger charge is 2.26. The Hall–Kier alpha value is -2.54. The number of rotatable bonds is 2. The maximum atomic E-state index is 10.9. The van der Waals surface area contributed by atoms with E-state index in [0.29, 0.717) is 5.75 Å². The average Bonchev–Trinajstić information content (AvgIpc) is 2.61. The first-order valence-electron chi connectivity index (χ1n) is 9.61. The van der Waals surface area contributed by atoms with Gasteiger partial charge >= 0.3 is 0 Å². The van der Waals surface area contributed by atoms with Crippen molar-refractivity contribution >= 4 is 0 Å². The summed E-state index contributed by atoms with van der Waals surface area (Å²) in [6.45, 7) is 12.9. The van der Waals surface area contributed by atoms with Crippen LogP contribution in [0.2, 0.25) is 0 Å². The van der Waals surface area contributed by atoms with Gasteiger partial charge in [0.25, 0.3) is 0 Å². The van der Waals surface area contributed by atoms with Crippen LogP contribution in [-0.2, 0) is 10.8 Å². The Kier molecular flexibility index (Phi) is 4.90. The molecule has 1 heteroatoms. The first-order valence-corrected chi connectivity index (χ1v) is 9.61. The zero-order chi connectivity index (χ0) is 19.8. The highest BCUT2D eigenvalue weighted by atomic mass is 16.3. The highest BCUT2D eigenvalue weighted by molar-refractivity contribution is 5.73. The molecule has 3 aromatic rings. The van der Waals surface area contributed by atoms with Crippen molar-refractivity contribution in [3.63, 3.8) is 0 Å². The minimum Gasteiger partial charge on any atom is -0.507 e. The van der Waals surface area contributed by atoms with Crippen molar-refractivity contribution in [3.8, 4) is 28.0 Å². The van der Waals surface area contributed by atoms with Gasteiger partial charge in [0, 0.05) is 11.1 Å². The summed E-state index contributed by atoms with van der Waals surface area (Å²) in [6, 6.07) is 23.4. The Labute approximate surface area is 163 Å². The second-order valence-electron chi connectivity index (χ2n) is 9.36. The van der Waals surface area contributed by atoms with Crippen LogP contribution < -0.4 is 0 Å². The van der Waals surface area contributed by atoms with Crippen LogP contribution in [0, 0.1) is 0 Å². The zero-order valence-corrected chi connectivity index (χ0v) is 17.3. The van der Waals surface area contributed by atoms with Crippen LogP contribution in [0.3, 0.4) is 0 Å². The third kappa shape index (κ3) is 4.08. The molecule has 140 valence electrons. The molecule has 0 bridgehead atoms. The van der Waals surface area contributed by atoms with Gasteiger partial charge in [-0.3, -0.25) is 0 Å². The second kappa shape index (κ2) is 6.88. The van der Waals surface area contributed by atoms with Gasteiger partial charge in [-0.2, -0.15) is 0 Å². The molecule has 3 aromatic carbocycles. The summed E-state index contributed by atoms with van der Waals surface area (Å²) in [7, 11) is 0. The molecule has 27 heavy (non-hydrogen) atoms. The van der Waals surface area contributed by atoms with Gasteiger partial charge in [-0.1, -0.05) is 96.1 Å². The molecule has 0 atom stereocenters. The second-order valence-corrected chi connectivity index (χ2v) is 9.36. The molecule has 0 spiro atoms. The summed E-state index contributed by atoms with van der Waals surface area (Å²) in [5.74, 6) is 0.430. The van der Waals surface area contributed by atoms with Crippen molar-refractivity contribution in [1.29, 1.82) is 0 Å². The quantitative estimate of drug-likeness (QED) is 0.509. The predicted octanol–water partition coefficient (Wildman–Crippen LogP) is 7.32. The van der Waals surface area contributed by atoms with Crippen molar-refractivity contribution in [1.82, 2.24) is 0 Å². The Morgan fingerprint density at radius 3 is 1.30 bits per heavy atom.